The molecule has 1 aliphatic carbocycles. The van der Waals surface area contributed by atoms with Crippen molar-refractivity contribution in [2.75, 3.05) is 13.2 Å². The van der Waals surface area contributed by atoms with E-state index in [9.17, 15) is 0 Å². The van der Waals surface area contributed by atoms with E-state index in [-0.39, 0.29) is 0 Å². The third kappa shape index (κ3) is 5.33. The van der Waals surface area contributed by atoms with Crippen molar-refractivity contribution in [1.29, 1.82) is 0 Å². The Kier molecular flexibility index (Phi) is 5.87. The average molecular weight is 262 g/mol. The largest absolute Gasteiger partial charge is 0.396 e. The fourth-order valence-electron chi connectivity index (χ4n) is 2.59. The van der Waals surface area contributed by atoms with Gasteiger partial charge in [0.25, 0.3) is 0 Å². The molecule has 0 saturated heterocycles. The van der Waals surface area contributed by atoms with Gasteiger partial charge in [-0.15, -0.1) is 0 Å². The summed E-state index contributed by atoms with van der Waals surface area (Å²) in [6, 6.07) is 10.4. The number of hydrogen-bond donors (Lipinski definition) is 1. The molecule has 2 rings (SSSR count). The average Bonchev–Trinajstić information content (AvgIpc) is 3.18. The van der Waals surface area contributed by atoms with Crippen molar-refractivity contribution in [3.8, 4) is 0 Å². The molecule has 0 spiro atoms. The number of rotatable bonds is 9. The van der Waals surface area contributed by atoms with Crippen molar-refractivity contribution in [3.63, 3.8) is 0 Å². The maximum Gasteiger partial charge on any atom is 0.0717 e. The fraction of sp³-hybridized carbons (Fsp3) is 0.647. The van der Waals surface area contributed by atoms with Crippen LogP contribution >= 0.6 is 0 Å². The van der Waals surface area contributed by atoms with Gasteiger partial charge in [-0.05, 0) is 36.2 Å². The lowest BCUT2D eigenvalue weighted by Gasteiger charge is -2.07. The minimum Gasteiger partial charge on any atom is -0.396 e. The summed E-state index contributed by atoms with van der Waals surface area (Å²) in [5.41, 5.74) is 1.26. The van der Waals surface area contributed by atoms with Gasteiger partial charge in [-0.2, -0.15) is 0 Å². The molecule has 0 aliphatic heterocycles. The molecular formula is C17H26O2. The Labute approximate surface area is 116 Å². The molecule has 0 heterocycles. The summed E-state index contributed by atoms with van der Waals surface area (Å²) in [5.74, 6) is 2.13. The minimum absolute atomic E-state index is 0.328. The quantitative estimate of drug-likeness (QED) is 0.736. The maximum absolute atomic E-state index is 8.97. The van der Waals surface area contributed by atoms with Crippen LogP contribution in [0.25, 0.3) is 0 Å². The second-order valence-corrected chi connectivity index (χ2v) is 5.98. The van der Waals surface area contributed by atoms with E-state index in [1.165, 1.54) is 24.8 Å². The molecule has 1 N–H and O–H groups in total. The normalized spacial score (nSPS) is 23.3. The van der Waals surface area contributed by atoms with E-state index < -0.39 is 0 Å². The molecule has 0 bridgehead atoms. The molecule has 1 saturated carbocycles. The summed E-state index contributed by atoms with van der Waals surface area (Å²) in [4.78, 5) is 0. The summed E-state index contributed by atoms with van der Waals surface area (Å²) in [7, 11) is 0. The minimum atomic E-state index is 0.328. The van der Waals surface area contributed by atoms with Crippen molar-refractivity contribution in [1.82, 2.24) is 0 Å². The first kappa shape index (κ1) is 14.5. The molecule has 0 unspecified atom stereocenters. The van der Waals surface area contributed by atoms with Gasteiger partial charge < -0.3 is 9.84 Å². The molecule has 0 aromatic heterocycles. The molecule has 0 amide bonds. The standard InChI is InChI=1S/C17H26O2/c1-14(11-18)6-5-9-16-10-17(16)13-19-12-15-7-3-2-4-8-15/h2-4,7-8,14,16-18H,5-6,9-13H2,1H3/t14-,16-,17-/m0/s1. The van der Waals surface area contributed by atoms with Crippen molar-refractivity contribution >= 4 is 0 Å². The highest BCUT2D eigenvalue weighted by Gasteiger charge is 2.36. The van der Waals surface area contributed by atoms with Crippen LogP contribution < -0.4 is 0 Å². The molecule has 1 aromatic rings. The number of ether oxygens (including phenoxy) is 1. The van der Waals surface area contributed by atoms with Gasteiger partial charge in [-0.25, -0.2) is 0 Å². The van der Waals surface area contributed by atoms with E-state index in [2.05, 4.69) is 31.2 Å². The molecular weight excluding hydrogens is 236 g/mol. The number of aliphatic hydroxyl groups excluding tert-OH is 1. The molecule has 1 fully saturated rings. The summed E-state index contributed by atoms with van der Waals surface area (Å²) >= 11 is 0. The zero-order chi connectivity index (χ0) is 13.5. The highest BCUT2D eigenvalue weighted by molar-refractivity contribution is 5.13. The summed E-state index contributed by atoms with van der Waals surface area (Å²) in [5, 5.41) is 8.97. The molecule has 106 valence electrons. The third-order valence-corrected chi connectivity index (χ3v) is 4.10. The van der Waals surface area contributed by atoms with Gasteiger partial charge in [-0.3, -0.25) is 0 Å². The number of benzene rings is 1. The Morgan fingerprint density at radius 2 is 2.05 bits per heavy atom. The Balaban J connectivity index is 1.50. The van der Waals surface area contributed by atoms with Crippen LogP contribution in [-0.4, -0.2) is 18.3 Å². The van der Waals surface area contributed by atoms with Crippen molar-refractivity contribution < 1.29 is 9.84 Å². The second-order valence-electron chi connectivity index (χ2n) is 5.98. The van der Waals surface area contributed by atoms with Crippen LogP contribution in [0.5, 0.6) is 0 Å². The second kappa shape index (κ2) is 7.66. The zero-order valence-corrected chi connectivity index (χ0v) is 11.9. The lowest BCUT2D eigenvalue weighted by Crippen LogP contribution is -2.01. The van der Waals surface area contributed by atoms with E-state index in [0.29, 0.717) is 12.5 Å². The van der Waals surface area contributed by atoms with Crippen LogP contribution in [0.4, 0.5) is 0 Å². The van der Waals surface area contributed by atoms with E-state index >= 15 is 0 Å². The Bertz CT molecular complexity index is 350. The monoisotopic (exact) mass is 262 g/mol. The van der Waals surface area contributed by atoms with Crippen LogP contribution in [0.2, 0.25) is 0 Å². The van der Waals surface area contributed by atoms with Gasteiger partial charge in [0, 0.05) is 6.61 Å². The maximum atomic E-state index is 8.97. The molecule has 19 heavy (non-hydrogen) atoms. The van der Waals surface area contributed by atoms with Crippen LogP contribution in [0.15, 0.2) is 30.3 Å². The Morgan fingerprint density at radius 3 is 2.79 bits per heavy atom. The first-order valence-electron chi connectivity index (χ1n) is 7.52. The first-order valence-corrected chi connectivity index (χ1v) is 7.52. The molecule has 3 atom stereocenters. The fourth-order valence-corrected chi connectivity index (χ4v) is 2.59. The molecule has 1 aliphatic rings. The predicted molar refractivity (Wildman–Crippen MR) is 77.8 cm³/mol. The molecule has 0 radical (unpaired) electrons. The van der Waals surface area contributed by atoms with Crippen LogP contribution in [-0.2, 0) is 11.3 Å². The number of hydrogen-bond acceptors (Lipinski definition) is 2. The highest BCUT2D eigenvalue weighted by Crippen LogP contribution is 2.42. The van der Waals surface area contributed by atoms with Gasteiger partial charge in [0.1, 0.15) is 0 Å². The Hall–Kier alpha value is -0.860. The SMILES string of the molecule is C[C@H](CO)CCC[C@H]1C[C@H]1COCc1ccccc1. The van der Waals surface area contributed by atoms with Crippen LogP contribution in [0, 0.1) is 17.8 Å². The summed E-state index contributed by atoms with van der Waals surface area (Å²) in [6.45, 7) is 4.10. The third-order valence-electron chi connectivity index (χ3n) is 4.10. The van der Waals surface area contributed by atoms with Gasteiger partial charge in [0.2, 0.25) is 0 Å². The lowest BCUT2D eigenvalue weighted by atomic mass is 10.0. The topological polar surface area (TPSA) is 29.5 Å². The van der Waals surface area contributed by atoms with Crippen LogP contribution in [0.3, 0.4) is 0 Å². The predicted octanol–water partition coefficient (Wildman–Crippen LogP) is 3.64. The first-order chi connectivity index (χ1) is 9.29. The van der Waals surface area contributed by atoms with Crippen molar-refractivity contribution in [2.24, 2.45) is 17.8 Å². The van der Waals surface area contributed by atoms with Gasteiger partial charge in [0.15, 0.2) is 0 Å². The summed E-state index contributed by atoms with van der Waals surface area (Å²) in [6.07, 6.45) is 5.05. The van der Waals surface area contributed by atoms with E-state index in [1.807, 2.05) is 6.07 Å². The van der Waals surface area contributed by atoms with Gasteiger partial charge in [-0.1, -0.05) is 50.1 Å². The molecule has 2 nitrogen and oxygen atoms in total. The summed E-state index contributed by atoms with van der Waals surface area (Å²) < 4.78 is 5.78. The lowest BCUT2D eigenvalue weighted by molar-refractivity contribution is 0.107. The zero-order valence-electron chi connectivity index (χ0n) is 11.9. The Morgan fingerprint density at radius 1 is 1.26 bits per heavy atom. The van der Waals surface area contributed by atoms with E-state index in [4.69, 9.17) is 9.84 Å². The highest BCUT2D eigenvalue weighted by atomic mass is 16.5. The van der Waals surface area contributed by atoms with Crippen molar-refractivity contribution in [3.05, 3.63) is 35.9 Å². The van der Waals surface area contributed by atoms with E-state index in [1.54, 1.807) is 0 Å². The number of aliphatic hydroxyl groups is 1. The smallest absolute Gasteiger partial charge is 0.0717 e. The van der Waals surface area contributed by atoms with E-state index in [0.717, 1.165) is 31.5 Å². The van der Waals surface area contributed by atoms with Crippen molar-refractivity contribution in [2.45, 2.75) is 39.2 Å². The van der Waals surface area contributed by atoms with Crippen LogP contribution in [0.1, 0.15) is 38.2 Å². The molecule has 1 aromatic carbocycles. The van der Waals surface area contributed by atoms with Gasteiger partial charge >= 0.3 is 0 Å². The van der Waals surface area contributed by atoms with Gasteiger partial charge in [0.05, 0.1) is 13.2 Å². The molecule has 2 heteroatoms.